The molecular weight excluding hydrogens is 184 g/mol. The molecule has 0 aromatic carbocycles. The van der Waals surface area contributed by atoms with Crippen LogP contribution in [0.3, 0.4) is 0 Å². The van der Waals surface area contributed by atoms with Crippen molar-refractivity contribution in [2.24, 2.45) is 5.92 Å². The number of rotatable bonds is 6. The van der Waals surface area contributed by atoms with Gasteiger partial charge in [-0.05, 0) is 19.0 Å². The van der Waals surface area contributed by atoms with E-state index in [1.807, 2.05) is 0 Å². The number of carbonyl (C=O) groups excluding carboxylic acids is 1. The van der Waals surface area contributed by atoms with Gasteiger partial charge >= 0.3 is 0 Å². The van der Waals surface area contributed by atoms with E-state index in [4.69, 9.17) is 4.74 Å². The number of hydrogen-bond donors (Lipinski definition) is 3. The van der Waals surface area contributed by atoms with Gasteiger partial charge in [-0.1, -0.05) is 0 Å². The SMILES string of the molecule is COCC(O)CNC(=O)CC1CNC1. The summed E-state index contributed by atoms with van der Waals surface area (Å²) in [7, 11) is 1.52. The van der Waals surface area contributed by atoms with E-state index in [1.165, 1.54) is 7.11 Å². The number of methoxy groups -OCH3 is 1. The van der Waals surface area contributed by atoms with Crippen LogP contribution in [0.4, 0.5) is 0 Å². The molecule has 1 rings (SSSR count). The van der Waals surface area contributed by atoms with Crippen LogP contribution < -0.4 is 10.6 Å². The highest BCUT2D eigenvalue weighted by atomic mass is 16.5. The average Bonchev–Trinajstić information content (AvgIpc) is 2.09. The molecule has 1 heterocycles. The second-order valence-corrected chi connectivity index (χ2v) is 3.64. The highest BCUT2D eigenvalue weighted by Gasteiger charge is 2.20. The van der Waals surface area contributed by atoms with Gasteiger partial charge in [0.15, 0.2) is 0 Å². The van der Waals surface area contributed by atoms with Crippen molar-refractivity contribution in [2.75, 3.05) is 33.4 Å². The molecule has 0 saturated carbocycles. The van der Waals surface area contributed by atoms with E-state index in [0.717, 1.165) is 13.1 Å². The first-order valence-corrected chi connectivity index (χ1v) is 4.86. The number of aliphatic hydroxyl groups excluding tert-OH is 1. The van der Waals surface area contributed by atoms with Gasteiger partial charge in [-0.2, -0.15) is 0 Å². The Kier molecular flexibility index (Phi) is 4.86. The molecule has 0 aromatic rings. The first-order valence-electron chi connectivity index (χ1n) is 4.86. The van der Waals surface area contributed by atoms with E-state index in [0.29, 0.717) is 12.3 Å². The molecule has 0 aromatic heterocycles. The normalized spacial score (nSPS) is 18.7. The summed E-state index contributed by atoms with van der Waals surface area (Å²) in [6, 6.07) is 0. The molecule has 0 spiro atoms. The zero-order valence-electron chi connectivity index (χ0n) is 8.45. The molecular formula is C9H18N2O3. The lowest BCUT2D eigenvalue weighted by Crippen LogP contribution is -2.45. The zero-order chi connectivity index (χ0) is 10.4. The lowest BCUT2D eigenvalue weighted by atomic mass is 9.99. The maximum absolute atomic E-state index is 11.3. The van der Waals surface area contributed by atoms with Crippen molar-refractivity contribution >= 4 is 5.91 Å². The molecule has 1 aliphatic heterocycles. The number of aliphatic hydroxyl groups is 1. The summed E-state index contributed by atoms with van der Waals surface area (Å²) >= 11 is 0. The predicted octanol–water partition coefficient (Wildman–Crippen LogP) is -1.28. The summed E-state index contributed by atoms with van der Waals surface area (Å²) in [4.78, 5) is 11.3. The van der Waals surface area contributed by atoms with Gasteiger partial charge in [-0.15, -0.1) is 0 Å². The minimum atomic E-state index is -0.608. The van der Waals surface area contributed by atoms with Crippen LogP contribution >= 0.6 is 0 Å². The van der Waals surface area contributed by atoms with Gasteiger partial charge in [-0.25, -0.2) is 0 Å². The van der Waals surface area contributed by atoms with Crippen LogP contribution in [0.15, 0.2) is 0 Å². The first-order chi connectivity index (χ1) is 6.72. The molecule has 14 heavy (non-hydrogen) atoms. The fourth-order valence-corrected chi connectivity index (χ4v) is 1.31. The Labute approximate surface area is 83.8 Å². The largest absolute Gasteiger partial charge is 0.389 e. The van der Waals surface area contributed by atoms with Gasteiger partial charge in [-0.3, -0.25) is 4.79 Å². The van der Waals surface area contributed by atoms with Crippen molar-refractivity contribution in [1.29, 1.82) is 0 Å². The standard InChI is InChI=1S/C9H18N2O3/c1-14-6-8(12)5-11-9(13)2-7-3-10-4-7/h7-8,10,12H,2-6H2,1H3,(H,11,13). The minimum absolute atomic E-state index is 0.00616. The van der Waals surface area contributed by atoms with Crippen molar-refractivity contribution < 1.29 is 14.6 Å². The predicted molar refractivity (Wildman–Crippen MR) is 51.9 cm³/mol. The Hall–Kier alpha value is -0.650. The molecule has 1 fully saturated rings. The molecule has 1 amide bonds. The molecule has 3 N–H and O–H groups in total. The van der Waals surface area contributed by atoms with E-state index >= 15 is 0 Å². The Bertz CT molecular complexity index is 183. The Morgan fingerprint density at radius 2 is 2.43 bits per heavy atom. The second-order valence-electron chi connectivity index (χ2n) is 3.64. The maximum atomic E-state index is 11.3. The Balaban J connectivity index is 2.01. The van der Waals surface area contributed by atoms with Crippen LogP contribution in [0.1, 0.15) is 6.42 Å². The van der Waals surface area contributed by atoms with E-state index in [1.54, 1.807) is 0 Å². The molecule has 82 valence electrons. The fourth-order valence-electron chi connectivity index (χ4n) is 1.31. The highest BCUT2D eigenvalue weighted by molar-refractivity contribution is 5.76. The summed E-state index contributed by atoms with van der Waals surface area (Å²) in [6.07, 6.45) is -0.0596. The van der Waals surface area contributed by atoms with Gasteiger partial charge in [0, 0.05) is 20.1 Å². The molecule has 1 unspecified atom stereocenters. The topological polar surface area (TPSA) is 70.6 Å². The van der Waals surface area contributed by atoms with E-state index in [2.05, 4.69) is 10.6 Å². The molecule has 0 aliphatic carbocycles. The summed E-state index contributed by atoms with van der Waals surface area (Å²) in [5, 5.41) is 15.0. The third kappa shape index (κ3) is 4.04. The molecule has 0 radical (unpaired) electrons. The van der Waals surface area contributed by atoms with Gasteiger partial charge in [0.25, 0.3) is 0 Å². The van der Waals surface area contributed by atoms with Gasteiger partial charge in [0.05, 0.1) is 12.7 Å². The quantitative estimate of drug-likeness (QED) is 0.502. The highest BCUT2D eigenvalue weighted by Crippen LogP contribution is 2.07. The van der Waals surface area contributed by atoms with Crippen molar-refractivity contribution in [3.63, 3.8) is 0 Å². The van der Waals surface area contributed by atoms with Gasteiger partial charge in [0.2, 0.25) is 5.91 Å². The molecule has 5 nitrogen and oxygen atoms in total. The van der Waals surface area contributed by atoms with Crippen molar-refractivity contribution in [1.82, 2.24) is 10.6 Å². The zero-order valence-corrected chi connectivity index (χ0v) is 8.45. The van der Waals surface area contributed by atoms with Crippen molar-refractivity contribution in [2.45, 2.75) is 12.5 Å². The summed E-state index contributed by atoms with van der Waals surface area (Å²) in [5.74, 6) is 0.473. The lowest BCUT2D eigenvalue weighted by molar-refractivity contribution is -0.123. The number of hydrogen-bond acceptors (Lipinski definition) is 4. The summed E-state index contributed by atoms with van der Waals surface area (Å²) < 4.78 is 4.74. The van der Waals surface area contributed by atoms with E-state index < -0.39 is 6.10 Å². The summed E-state index contributed by atoms with van der Waals surface area (Å²) in [5.41, 5.74) is 0. The molecule has 0 bridgehead atoms. The first kappa shape index (κ1) is 11.4. The third-order valence-corrected chi connectivity index (χ3v) is 2.23. The van der Waals surface area contributed by atoms with Crippen molar-refractivity contribution in [3.05, 3.63) is 0 Å². The number of carbonyl (C=O) groups is 1. The van der Waals surface area contributed by atoms with E-state index in [9.17, 15) is 9.90 Å². The Morgan fingerprint density at radius 1 is 1.71 bits per heavy atom. The molecule has 1 aliphatic rings. The molecule has 1 saturated heterocycles. The number of ether oxygens (including phenoxy) is 1. The Morgan fingerprint density at radius 3 is 2.93 bits per heavy atom. The smallest absolute Gasteiger partial charge is 0.220 e. The average molecular weight is 202 g/mol. The van der Waals surface area contributed by atoms with Crippen LogP contribution in [0, 0.1) is 5.92 Å². The van der Waals surface area contributed by atoms with Crippen LogP contribution in [0.2, 0.25) is 0 Å². The van der Waals surface area contributed by atoms with Crippen LogP contribution in [0.25, 0.3) is 0 Å². The maximum Gasteiger partial charge on any atom is 0.220 e. The third-order valence-electron chi connectivity index (χ3n) is 2.23. The minimum Gasteiger partial charge on any atom is -0.389 e. The second kappa shape index (κ2) is 5.95. The number of amides is 1. The fraction of sp³-hybridized carbons (Fsp3) is 0.889. The van der Waals surface area contributed by atoms with Crippen molar-refractivity contribution in [3.8, 4) is 0 Å². The van der Waals surface area contributed by atoms with Crippen LogP contribution in [0.5, 0.6) is 0 Å². The lowest BCUT2D eigenvalue weighted by Gasteiger charge is -2.26. The molecule has 5 heteroatoms. The van der Waals surface area contributed by atoms with Crippen LogP contribution in [-0.2, 0) is 9.53 Å². The summed E-state index contributed by atoms with van der Waals surface area (Å²) in [6.45, 7) is 2.38. The monoisotopic (exact) mass is 202 g/mol. The number of nitrogens with one attached hydrogen (secondary N) is 2. The van der Waals surface area contributed by atoms with Crippen LogP contribution in [-0.4, -0.2) is 50.5 Å². The van der Waals surface area contributed by atoms with E-state index in [-0.39, 0.29) is 19.1 Å². The molecule has 1 atom stereocenters. The van der Waals surface area contributed by atoms with Gasteiger partial charge in [0.1, 0.15) is 0 Å². The van der Waals surface area contributed by atoms with Gasteiger partial charge < -0.3 is 20.5 Å².